The van der Waals surface area contributed by atoms with Crippen molar-refractivity contribution >= 4 is 35.1 Å². The van der Waals surface area contributed by atoms with Crippen LogP contribution in [0.2, 0.25) is 0 Å². The van der Waals surface area contributed by atoms with Gasteiger partial charge in [0.05, 0.1) is 5.88 Å². The van der Waals surface area contributed by atoms with E-state index in [0.29, 0.717) is 0 Å². The summed E-state index contributed by atoms with van der Waals surface area (Å²) < 4.78 is 0. The highest BCUT2D eigenvalue weighted by atomic mass is 32.2. The summed E-state index contributed by atoms with van der Waals surface area (Å²) in [5, 5.41) is 8.38. The number of nitrogens with two attached hydrogens (primary N) is 1. The van der Waals surface area contributed by atoms with Crippen LogP contribution < -0.4 is 16.4 Å². The normalized spacial score (nSPS) is 10.4. The molecule has 0 aliphatic carbocycles. The van der Waals surface area contributed by atoms with E-state index in [9.17, 15) is 4.79 Å². The number of aromatic nitrogens is 1. The molecule has 0 spiro atoms. The fourth-order valence-corrected chi connectivity index (χ4v) is 3.70. The second kappa shape index (κ2) is 19.0. The fourth-order valence-electron chi connectivity index (χ4n) is 3.05. The Kier molecular flexibility index (Phi) is 16.2. The van der Waals surface area contributed by atoms with E-state index >= 15 is 0 Å². The molecule has 1 aromatic heterocycles. The minimum atomic E-state index is 0.730. The molecule has 0 saturated heterocycles. The highest BCUT2D eigenvalue weighted by Crippen LogP contribution is 2.17. The highest BCUT2D eigenvalue weighted by Gasteiger charge is 2.00. The Labute approximate surface area is 221 Å². The Morgan fingerprint density at radius 2 is 1.72 bits per heavy atom. The molecule has 0 bridgehead atoms. The number of carbonyl (C=O) groups excluding carboxylic acids is 1. The minimum Gasteiger partial charge on any atom is -0.398 e. The van der Waals surface area contributed by atoms with Gasteiger partial charge in [-0.1, -0.05) is 58.0 Å². The molecule has 3 rings (SSSR count). The maximum atomic E-state index is 10.4. The molecule has 0 amide bonds. The quantitative estimate of drug-likeness (QED) is 0.154. The van der Waals surface area contributed by atoms with Crippen molar-refractivity contribution in [3.63, 3.8) is 0 Å². The standard InChI is InChI=1S/C15H18N4S.C12H17NO.C2H6/c1-17-13-5-2-6-14(8-13)19-11-20-10-15(16)12-4-3-7-18-9-12;1-3-13(4-2)9-11-5-7-12(10-14)8-6-11;1-2/h2-10,17,19H,11,16H2,1H3;5-8,10H,3-4,9H2,1-2H3;1-2H3/b15-10-;;. The van der Waals surface area contributed by atoms with Gasteiger partial charge in [-0.05, 0) is 54.4 Å². The van der Waals surface area contributed by atoms with Crippen LogP contribution in [0, 0.1) is 0 Å². The van der Waals surface area contributed by atoms with E-state index in [4.69, 9.17) is 5.73 Å². The molecule has 36 heavy (non-hydrogen) atoms. The third-order valence-electron chi connectivity index (χ3n) is 5.13. The summed E-state index contributed by atoms with van der Waals surface area (Å²) in [4.78, 5) is 16.8. The van der Waals surface area contributed by atoms with Gasteiger partial charge in [-0.25, -0.2) is 0 Å². The predicted molar refractivity (Wildman–Crippen MR) is 158 cm³/mol. The van der Waals surface area contributed by atoms with Crippen LogP contribution in [0.4, 0.5) is 11.4 Å². The second-order valence-electron chi connectivity index (χ2n) is 7.45. The topological polar surface area (TPSA) is 83.3 Å². The minimum absolute atomic E-state index is 0.730. The van der Waals surface area contributed by atoms with Gasteiger partial charge < -0.3 is 16.4 Å². The van der Waals surface area contributed by atoms with Crippen LogP contribution in [-0.4, -0.2) is 42.2 Å². The fraction of sp³-hybridized carbons (Fsp3) is 0.310. The van der Waals surface area contributed by atoms with Crippen molar-refractivity contribution in [3.8, 4) is 0 Å². The number of rotatable bonds is 11. The number of hydrogen-bond acceptors (Lipinski definition) is 7. The molecular weight excluding hydrogens is 466 g/mol. The van der Waals surface area contributed by atoms with Crippen LogP contribution in [0.3, 0.4) is 0 Å². The zero-order valence-corrected chi connectivity index (χ0v) is 23.0. The molecular formula is C29H41N5OS. The largest absolute Gasteiger partial charge is 0.398 e. The molecule has 1 heterocycles. The molecule has 0 unspecified atom stereocenters. The molecule has 7 heteroatoms. The Hall–Kier alpha value is -3.29. The maximum Gasteiger partial charge on any atom is 0.150 e. The van der Waals surface area contributed by atoms with Crippen LogP contribution in [-0.2, 0) is 6.54 Å². The van der Waals surface area contributed by atoms with Gasteiger partial charge in [0.15, 0.2) is 0 Å². The molecule has 194 valence electrons. The summed E-state index contributed by atoms with van der Waals surface area (Å²) in [6, 6.07) is 19.7. The molecule has 2 aromatic carbocycles. The first-order valence-corrected chi connectivity index (χ1v) is 13.4. The average Bonchev–Trinajstić information content (AvgIpc) is 2.96. The van der Waals surface area contributed by atoms with Crippen molar-refractivity contribution in [3.05, 3.63) is 95.2 Å². The molecule has 0 aliphatic heterocycles. The molecule has 0 fully saturated rings. The number of nitrogens with one attached hydrogen (secondary N) is 2. The van der Waals surface area contributed by atoms with E-state index in [1.807, 2.05) is 80.9 Å². The zero-order valence-electron chi connectivity index (χ0n) is 22.2. The van der Waals surface area contributed by atoms with Crippen molar-refractivity contribution in [2.45, 2.75) is 34.2 Å². The summed E-state index contributed by atoms with van der Waals surface area (Å²) in [6.45, 7) is 11.4. The van der Waals surface area contributed by atoms with Crippen molar-refractivity contribution < 1.29 is 4.79 Å². The summed E-state index contributed by atoms with van der Waals surface area (Å²) in [7, 11) is 1.91. The van der Waals surface area contributed by atoms with Gasteiger partial charge in [-0.2, -0.15) is 0 Å². The third-order valence-corrected chi connectivity index (χ3v) is 5.86. The van der Waals surface area contributed by atoms with Gasteiger partial charge in [0.25, 0.3) is 0 Å². The lowest BCUT2D eigenvalue weighted by Gasteiger charge is -2.17. The van der Waals surface area contributed by atoms with Crippen LogP contribution in [0.25, 0.3) is 5.70 Å². The Bertz CT molecular complexity index is 1010. The van der Waals surface area contributed by atoms with Crippen molar-refractivity contribution in [1.29, 1.82) is 0 Å². The average molecular weight is 508 g/mol. The summed E-state index contributed by atoms with van der Waals surface area (Å²) >= 11 is 1.62. The van der Waals surface area contributed by atoms with Crippen molar-refractivity contribution in [1.82, 2.24) is 9.88 Å². The van der Waals surface area contributed by atoms with Crippen molar-refractivity contribution in [2.24, 2.45) is 5.73 Å². The van der Waals surface area contributed by atoms with E-state index in [1.54, 1.807) is 24.2 Å². The zero-order chi connectivity index (χ0) is 26.6. The van der Waals surface area contributed by atoms with E-state index in [-0.39, 0.29) is 0 Å². The molecule has 0 atom stereocenters. The van der Waals surface area contributed by atoms with E-state index < -0.39 is 0 Å². The van der Waals surface area contributed by atoms with Gasteiger partial charge in [0.2, 0.25) is 0 Å². The Morgan fingerprint density at radius 1 is 1.03 bits per heavy atom. The summed E-state index contributed by atoms with van der Waals surface area (Å²) in [5.41, 5.74) is 11.8. The lowest BCUT2D eigenvalue weighted by molar-refractivity contribution is 0.112. The molecule has 0 radical (unpaired) electrons. The number of carbonyl (C=O) groups is 1. The summed E-state index contributed by atoms with van der Waals surface area (Å²) in [6.07, 6.45) is 4.37. The van der Waals surface area contributed by atoms with Crippen LogP contribution in [0.5, 0.6) is 0 Å². The number of pyridine rings is 1. The van der Waals surface area contributed by atoms with Crippen LogP contribution in [0.1, 0.15) is 49.2 Å². The number of thioether (sulfide) groups is 1. The monoisotopic (exact) mass is 507 g/mol. The van der Waals surface area contributed by atoms with Crippen LogP contribution >= 0.6 is 11.8 Å². The first-order chi connectivity index (χ1) is 17.6. The molecule has 3 aromatic rings. The van der Waals surface area contributed by atoms with Crippen molar-refractivity contribution in [2.75, 3.05) is 36.6 Å². The third kappa shape index (κ3) is 11.9. The first kappa shape index (κ1) is 30.7. The van der Waals surface area contributed by atoms with Gasteiger partial charge in [-0.3, -0.25) is 14.7 Å². The number of benzene rings is 2. The number of nitrogens with zero attached hydrogens (tertiary/aromatic N) is 2. The molecule has 6 nitrogen and oxygen atoms in total. The molecule has 0 saturated carbocycles. The highest BCUT2D eigenvalue weighted by molar-refractivity contribution is 8.02. The number of hydrogen-bond donors (Lipinski definition) is 3. The van der Waals surface area contributed by atoms with E-state index in [0.717, 1.165) is 60.0 Å². The van der Waals surface area contributed by atoms with E-state index in [2.05, 4.69) is 40.4 Å². The van der Waals surface area contributed by atoms with Gasteiger partial charge in [0.1, 0.15) is 6.29 Å². The number of anilines is 2. The van der Waals surface area contributed by atoms with Gasteiger partial charge in [-0.15, -0.1) is 11.8 Å². The molecule has 4 N–H and O–H groups in total. The smallest absolute Gasteiger partial charge is 0.150 e. The number of aldehydes is 1. The van der Waals surface area contributed by atoms with Gasteiger partial charge >= 0.3 is 0 Å². The van der Waals surface area contributed by atoms with Crippen LogP contribution in [0.15, 0.2) is 78.5 Å². The second-order valence-corrected chi connectivity index (χ2v) is 8.31. The predicted octanol–water partition coefficient (Wildman–Crippen LogP) is 6.55. The Morgan fingerprint density at radius 3 is 2.31 bits per heavy atom. The lowest BCUT2D eigenvalue weighted by Crippen LogP contribution is -2.21. The first-order valence-electron chi connectivity index (χ1n) is 12.3. The Balaban J connectivity index is 0.000000356. The lowest BCUT2D eigenvalue weighted by atomic mass is 10.1. The SMILES string of the molecule is CC.CCN(CC)Cc1ccc(C=O)cc1.CNc1cccc(NCS/C=C(\N)c2cccnc2)c1. The maximum absolute atomic E-state index is 10.4. The molecule has 0 aliphatic rings. The van der Waals surface area contributed by atoms with E-state index in [1.165, 1.54) is 5.56 Å². The van der Waals surface area contributed by atoms with Gasteiger partial charge in [0, 0.05) is 54.2 Å². The summed E-state index contributed by atoms with van der Waals surface area (Å²) in [5.74, 6) is 0.758.